The van der Waals surface area contributed by atoms with Gasteiger partial charge in [-0.15, -0.1) is 6.58 Å². The lowest BCUT2D eigenvalue weighted by molar-refractivity contribution is 0.422. The van der Waals surface area contributed by atoms with E-state index in [4.69, 9.17) is 0 Å². The fourth-order valence-electron chi connectivity index (χ4n) is 2.64. The largest absolute Gasteiger partial charge is 0.102 e. The SMILES string of the molecule is C=CC1C=CC(=C)\C2=C/C=C(C)/C=C\C(C)C21. The standard InChI is InChI=1S/C17H20/c1-5-15-10-9-13(3)16-11-7-12(2)6-8-14(4)17(15)16/h5-11,14-15,17H,1,3H2,2,4H3/b8-6-,12-7+,16-11+. The van der Waals surface area contributed by atoms with Crippen LogP contribution in [-0.2, 0) is 0 Å². The van der Waals surface area contributed by atoms with Crippen LogP contribution in [0.4, 0.5) is 0 Å². The Kier molecular flexibility index (Phi) is 3.33. The molecular formula is C17H20. The quantitative estimate of drug-likeness (QED) is 0.571. The van der Waals surface area contributed by atoms with E-state index in [2.05, 4.69) is 63.5 Å². The average molecular weight is 224 g/mol. The van der Waals surface area contributed by atoms with E-state index in [0.717, 1.165) is 5.57 Å². The van der Waals surface area contributed by atoms with Crippen molar-refractivity contribution in [1.29, 1.82) is 0 Å². The highest BCUT2D eigenvalue weighted by Gasteiger charge is 2.29. The third kappa shape index (κ3) is 2.26. The van der Waals surface area contributed by atoms with E-state index in [0.29, 0.717) is 17.8 Å². The van der Waals surface area contributed by atoms with Crippen LogP contribution in [0.5, 0.6) is 0 Å². The van der Waals surface area contributed by atoms with Crippen LogP contribution in [0, 0.1) is 17.8 Å². The van der Waals surface area contributed by atoms with Gasteiger partial charge < -0.3 is 0 Å². The van der Waals surface area contributed by atoms with Crippen LogP contribution in [0.2, 0.25) is 0 Å². The van der Waals surface area contributed by atoms with Gasteiger partial charge in [-0.1, -0.05) is 61.6 Å². The second-order valence-electron chi connectivity index (χ2n) is 4.97. The minimum Gasteiger partial charge on any atom is -0.102 e. The van der Waals surface area contributed by atoms with Gasteiger partial charge in [0, 0.05) is 11.8 Å². The summed E-state index contributed by atoms with van der Waals surface area (Å²) in [7, 11) is 0. The number of fused-ring (bicyclic) bond motifs is 1. The summed E-state index contributed by atoms with van der Waals surface area (Å²) in [5, 5.41) is 0. The van der Waals surface area contributed by atoms with Crippen molar-refractivity contribution in [2.24, 2.45) is 17.8 Å². The zero-order valence-corrected chi connectivity index (χ0v) is 10.7. The minimum absolute atomic E-state index is 0.415. The summed E-state index contributed by atoms with van der Waals surface area (Å²) in [6, 6.07) is 0. The molecule has 0 nitrogen and oxygen atoms in total. The highest BCUT2D eigenvalue weighted by molar-refractivity contribution is 5.48. The monoisotopic (exact) mass is 224 g/mol. The van der Waals surface area contributed by atoms with Crippen LogP contribution in [0.25, 0.3) is 0 Å². The minimum atomic E-state index is 0.415. The van der Waals surface area contributed by atoms with Crippen LogP contribution in [0.15, 0.2) is 72.4 Å². The van der Waals surface area contributed by atoms with Crippen molar-refractivity contribution in [1.82, 2.24) is 0 Å². The lowest BCUT2D eigenvalue weighted by Crippen LogP contribution is -2.24. The van der Waals surface area contributed by atoms with E-state index < -0.39 is 0 Å². The highest BCUT2D eigenvalue weighted by Crippen LogP contribution is 2.39. The van der Waals surface area contributed by atoms with Gasteiger partial charge in [0.2, 0.25) is 0 Å². The molecule has 3 atom stereocenters. The maximum Gasteiger partial charge on any atom is 0.00217 e. The summed E-state index contributed by atoms with van der Waals surface area (Å²) in [6.45, 7) is 12.5. The first-order valence-corrected chi connectivity index (χ1v) is 6.20. The number of rotatable bonds is 1. The molecule has 2 aliphatic carbocycles. The first-order valence-electron chi connectivity index (χ1n) is 6.20. The first-order chi connectivity index (χ1) is 8.13. The highest BCUT2D eigenvalue weighted by atomic mass is 14.3. The van der Waals surface area contributed by atoms with E-state index in [1.807, 2.05) is 6.08 Å². The van der Waals surface area contributed by atoms with E-state index in [-0.39, 0.29) is 0 Å². The van der Waals surface area contributed by atoms with Crippen LogP contribution in [-0.4, -0.2) is 0 Å². The van der Waals surface area contributed by atoms with Gasteiger partial charge in [0.1, 0.15) is 0 Å². The molecule has 0 amide bonds. The lowest BCUT2D eigenvalue weighted by Gasteiger charge is -2.33. The van der Waals surface area contributed by atoms with Crippen molar-refractivity contribution in [3.8, 4) is 0 Å². The van der Waals surface area contributed by atoms with Crippen molar-refractivity contribution in [2.75, 3.05) is 0 Å². The van der Waals surface area contributed by atoms with Gasteiger partial charge in [-0.05, 0) is 24.0 Å². The van der Waals surface area contributed by atoms with Gasteiger partial charge in [-0.25, -0.2) is 0 Å². The molecule has 0 spiro atoms. The molecule has 0 saturated heterocycles. The summed E-state index contributed by atoms with van der Waals surface area (Å²) in [5.41, 5.74) is 3.79. The zero-order valence-electron chi connectivity index (χ0n) is 10.7. The first kappa shape index (κ1) is 11.9. The Bertz CT molecular complexity index is 454. The predicted octanol–water partition coefficient (Wildman–Crippen LogP) is 4.61. The van der Waals surface area contributed by atoms with E-state index in [9.17, 15) is 0 Å². The molecule has 0 heterocycles. The summed E-state index contributed by atoms with van der Waals surface area (Å²) < 4.78 is 0. The molecule has 0 heteroatoms. The van der Waals surface area contributed by atoms with Crippen molar-refractivity contribution >= 4 is 0 Å². The van der Waals surface area contributed by atoms with Gasteiger partial charge >= 0.3 is 0 Å². The third-order valence-electron chi connectivity index (χ3n) is 3.69. The Balaban J connectivity index is 2.52. The lowest BCUT2D eigenvalue weighted by atomic mass is 9.71. The molecule has 88 valence electrons. The van der Waals surface area contributed by atoms with Crippen molar-refractivity contribution in [3.05, 3.63) is 72.4 Å². The molecule has 2 aliphatic rings. The Morgan fingerprint density at radius 1 is 1.18 bits per heavy atom. The maximum absolute atomic E-state index is 4.16. The Morgan fingerprint density at radius 3 is 2.65 bits per heavy atom. The fourth-order valence-corrected chi connectivity index (χ4v) is 2.64. The molecule has 0 aromatic heterocycles. The molecule has 0 fully saturated rings. The number of hydrogen-bond donors (Lipinski definition) is 0. The van der Waals surface area contributed by atoms with Crippen molar-refractivity contribution in [3.63, 3.8) is 0 Å². The molecule has 0 aromatic carbocycles. The number of allylic oxidation sites excluding steroid dienone is 10. The molecule has 3 unspecified atom stereocenters. The van der Waals surface area contributed by atoms with E-state index >= 15 is 0 Å². The molecule has 0 aliphatic heterocycles. The van der Waals surface area contributed by atoms with Gasteiger partial charge in [0.05, 0.1) is 0 Å². The molecule has 17 heavy (non-hydrogen) atoms. The van der Waals surface area contributed by atoms with Crippen LogP contribution in [0.3, 0.4) is 0 Å². The van der Waals surface area contributed by atoms with Gasteiger partial charge in [0.15, 0.2) is 0 Å². The van der Waals surface area contributed by atoms with Crippen molar-refractivity contribution < 1.29 is 0 Å². The molecule has 0 radical (unpaired) electrons. The van der Waals surface area contributed by atoms with Crippen molar-refractivity contribution in [2.45, 2.75) is 13.8 Å². The third-order valence-corrected chi connectivity index (χ3v) is 3.69. The second kappa shape index (κ2) is 4.75. The Morgan fingerprint density at radius 2 is 1.94 bits per heavy atom. The predicted molar refractivity (Wildman–Crippen MR) is 75.6 cm³/mol. The zero-order chi connectivity index (χ0) is 12.4. The Hall–Kier alpha value is -1.56. The van der Waals surface area contributed by atoms with Gasteiger partial charge in [-0.2, -0.15) is 0 Å². The summed E-state index contributed by atoms with van der Waals surface area (Å²) in [5.74, 6) is 1.40. The number of hydrogen-bond acceptors (Lipinski definition) is 0. The average Bonchev–Trinajstić information content (AvgIpc) is 2.32. The molecule has 2 rings (SSSR count). The summed E-state index contributed by atoms with van der Waals surface area (Å²) >= 11 is 0. The van der Waals surface area contributed by atoms with Crippen LogP contribution in [0.1, 0.15) is 13.8 Å². The normalized spacial score (nSPS) is 40.1. The molecule has 0 bridgehead atoms. The smallest absolute Gasteiger partial charge is 0.00217 e. The maximum atomic E-state index is 4.16. The van der Waals surface area contributed by atoms with E-state index in [1.165, 1.54) is 11.1 Å². The molecular weight excluding hydrogens is 204 g/mol. The molecule has 0 N–H and O–H groups in total. The molecule has 0 aromatic rings. The fraction of sp³-hybridized carbons (Fsp3) is 0.294. The topological polar surface area (TPSA) is 0 Å². The van der Waals surface area contributed by atoms with Crippen LogP contribution >= 0.6 is 0 Å². The second-order valence-corrected chi connectivity index (χ2v) is 4.97. The van der Waals surface area contributed by atoms with Crippen LogP contribution < -0.4 is 0 Å². The van der Waals surface area contributed by atoms with Gasteiger partial charge in [0.25, 0.3) is 0 Å². The van der Waals surface area contributed by atoms with Gasteiger partial charge in [-0.3, -0.25) is 0 Å². The Labute approximate surface area is 104 Å². The van der Waals surface area contributed by atoms with E-state index in [1.54, 1.807) is 0 Å². The summed E-state index contributed by atoms with van der Waals surface area (Å²) in [6.07, 6.45) is 15.3. The molecule has 0 saturated carbocycles. The summed E-state index contributed by atoms with van der Waals surface area (Å²) in [4.78, 5) is 0.